The first-order chi connectivity index (χ1) is 13.6. The maximum absolute atomic E-state index is 5.41. The number of hydrogen-bond donors (Lipinski definition) is 2. The SMILES string of the molecule is COCCNC(=S)Nc1nc(N2CCC[C@H](C)C2)cc(N2CCCC[C@H]2C)n1. The van der Waals surface area contributed by atoms with Crippen LogP contribution >= 0.6 is 12.2 Å². The summed E-state index contributed by atoms with van der Waals surface area (Å²) in [4.78, 5) is 14.4. The first kappa shape index (κ1) is 21.0. The van der Waals surface area contributed by atoms with Crippen molar-refractivity contribution in [2.24, 2.45) is 5.92 Å². The Balaban J connectivity index is 1.82. The fourth-order valence-electron chi connectivity index (χ4n) is 4.04. The Morgan fingerprint density at radius 2 is 2.00 bits per heavy atom. The smallest absolute Gasteiger partial charge is 0.232 e. The highest BCUT2D eigenvalue weighted by molar-refractivity contribution is 7.80. The van der Waals surface area contributed by atoms with Gasteiger partial charge in [0.2, 0.25) is 5.95 Å². The van der Waals surface area contributed by atoms with Gasteiger partial charge in [-0.15, -0.1) is 0 Å². The number of anilines is 3. The lowest BCUT2D eigenvalue weighted by Gasteiger charge is -2.36. The van der Waals surface area contributed by atoms with E-state index < -0.39 is 0 Å². The number of nitrogens with one attached hydrogen (secondary N) is 2. The summed E-state index contributed by atoms with van der Waals surface area (Å²) in [5, 5.41) is 6.84. The van der Waals surface area contributed by atoms with E-state index in [2.05, 4.69) is 40.3 Å². The average Bonchev–Trinajstić information content (AvgIpc) is 2.68. The van der Waals surface area contributed by atoms with Crippen LogP contribution in [0, 0.1) is 5.92 Å². The number of methoxy groups -OCH3 is 1. The number of hydrogen-bond acceptors (Lipinski definition) is 6. The van der Waals surface area contributed by atoms with E-state index >= 15 is 0 Å². The third-order valence-corrected chi connectivity index (χ3v) is 5.84. The van der Waals surface area contributed by atoms with Gasteiger partial charge in [0.05, 0.1) is 6.61 Å². The zero-order valence-electron chi connectivity index (χ0n) is 17.4. The van der Waals surface area contributed by atoms with Crippen LogP contribution in [0.25, 0.3) is 0 Å². The van der Waals surface area contributed by atoms with Gasteiger partial charge in [0.1, 0.15) is 11.6 Å². The molecule has 3 heterocycles. The molecule has 0 aromatic carbocycles. The van der Waals surface area contributed by atoms with Gasteiger partial charge >= 0.3 is 0 Å². The number of piperidine rings is 2. The minimum absolute atomic E-state index is 0.497. The molecule has 7 nitrogen and oxygen atoms in total. The number of ether oxygens (including phenoxy) is 1. The van der Waals surface area contributed by atoms with Crippen molar-refractivity contribution in [3.63, 3.8) is 0 Å². The predicted molar refractivity (Wildman–Crippen MR) is 119 cm³/mol. The van der Waals surface area contributed by atoms with Crippen LogP contribution in [-0.4, -0.2) is 61.0 Å². The molecule has 0 aliphatic carbocycles. The molecule has 2 aliphatic heterocycles. The molecule has 28 heavy (non-hydrogen) atoms. The highest BCUT2D eigenvalue weighted by atomic mass is 32.1. The zero-order chi connectivity index (χ0) is 19.9. The number of rotatable bonds is 6. The summed E-state index contributed by atoms with van der Waals surface area (Å²) in [5.41, 5.74) is 0. The van der Waals surface area contributed by atoms with Crippen LogP contribution in [-0.2, 0) is 4.74 Å². The van der Waals surface area contributed by atoms with Gasteiger partial charge in [-0.05, 0) is 57.2 Å². The molecule has 0 radical (unpaired) electrons. The van der Waals surface area contributed by atoms with Crippen molar-refractivity contribution >= 4 is 34.9 Å². The van der Waals surface area contributed by atoms with Gasteiger partial charge in [0, 0.05) is 45.4 Å². The molecule has 2 N–H and O–H groups in total. The van der Waals surface area contributed by atoms with Crippen LogP contribution in [0.5, 0.6) is 0 Å². The average molecular weight is 407 g/mol. The van der Waals surface area contributed by atoms with Crippen LogP contribution < -0.4 is 20.4 Å². The quantitative estimate of drug-likeness (QED) is 0.552. The second kappa shape index (κ2) is 10.2. The molecule has 2 saturated heterocycles. The summed E-state index contributed by atoms with van der Waals surface area (Å²) in [6.07, 6.45) is 6.21. The molecule has 8 heteroatoms. The van der Waals surface area contributed by atoms with E-state index in [1.54, 1.807) is 7.11 Å². The molecule has 2 aliphatic rings. The standard InChI is InChI=1S/C20H34N6OS/c1-15-7-6-10-25(14-15)17-13-18(26-11-5-4-8-16(26)2)23-19(22-17)24-20(28)21-9-12-27-3/h13,15-16H,4-12,14H2,1-3H3,(H2,21,22,23,24,28)/t15-,16+/m0/s1. The monoisotopic (exact) mass is 406 g/mol. The molecule has 1 aromatic rings. The van der Waals surface area contributed by atoms with Crippen LogP contribution in [0.3, 0.4) is 0 Å². The summed E-state index contributed by atoms with van der Waals surface area (Å²) in [5.74, 6) is 3.25. The lowest BCUT2D eigenvalue weighted by molar-refractivity contribution is 0.204. The Kier molecular flexibility index (Phi) is 7.67. The Morgan fingerprint density at radius 3 is 2.75 bits per heavy atom. The number of nitrogens with zero attached hydrogens (tertiary/aromatic N) is 4. The summed E-state index contributed by atoms with van der Waals surface area (Å²) in [6, 6.07) is 2.66. The summed E-state index contributed by atoms with van der Waals surface area (Å²) in [6.45, 7) is 8.99. The van der Waals surface area contributed by atoms with Crippen molar-refractivity contribution < 1.29 is 4.74 Å². The van der Waals surface area contributed by atoms with Gasteiger partial charge in [0.15, 0.2) is 5.11 Å². The molecule has 1 aromatic heterocycles. The molecular weight excluding hydrogens is 372 g/mol. The predicted octanol–water partition coefficient (Wildman–Crippen LogP) is 3.02. The van der Waals surface area contributed by atoms with Gasteiger partial charge in [0.25, 0.3) is 0 Å². The third kappa shape index (κ3) is 5.67. The Bertz CT molecular complexity index is 658. The normalized spacial score (nSPS) is 22.8. The molecule has 0 saturated carbocycles. The van der Waals surface area contributed by atoms with Crippen LogP contribution in [0.15, 0.2) is 6.07 Å². The van der Waals surface area contributed by atoms with Crippen molar-refractivity contribution in [3.8, 4) is 0 Å². The summed E-state index contributed by atoms with van der Waals surface area (Å²) < 4.78 is 5.07. The first-order valence-electron chi connectivity index (χ1n) is 10.5. The molecule has 156 valence electrons. The summed E-state index contributed by atoms with van der Waals surface area (Å²) in [7, 11) is 1.68. The third-order valence-electron chi connectivity index (χ3n) is 5.59. The zero-order valence-corrected chi connectivity index (χ0v) is 18.2. The fourth-order valence-corrected chi connectivity index (χ4v) is 4.23. The number of thiocarbonyl (C=S) groups is 1. The number of aromatic nitrogens is 2. The van der Waals surface area contributed by atoms with Gasteiger partial charge in [-0.1, -0.05) is 6.92 Å². The van der Waals surface area contributed by atoms with Gasteiger partial charge in [-0.25, -0.2) is 0 Å². The second-order valence-electron chi connectivity index (χ2n) is 8.01. The van der Waals surface area contributed by atoms with Gasteiger partial charge in [-0.3, -0.25) is 0 Å². The van der Waals surface area contributed by atoms with E-state index in [1.165, 1.54) is 32.1 Å². The van der Waals surface area contributed by atoms with Crippen molar-refractivity contribution in [2.75, 3.05) is 55.0 Å². The van der Waals surface area contributed by atoms with E-state index in [9.17, 15) is 0 Å². The topological polar surface area (TPSA) is 65.6 Å². The molecule has 2 atom stereocenters. The van der Waals surface area contributed by atoms with Crippen molar-refractivity contribution in [1.82, 2.24) is 15.3 Å². The van der Waals surface area contributed by atoms with Gasteiger partial charge in [-0.2, -0.15) is 9.97 Å². The van der Waals surface area contributed by atoms with Crippen molar-refractivity contribution in [3.05, 3.63) is 6.07 Å². The maximum atomic E-state index is 5.41. The second-order valence-corrected chi connectivity index (χ2v) is 8.42. The fraction of sp³-hybridized carbons (Fsp3) is 0.750. The van der Waals surface area contributed by atoms with E-state index in [4.69, 9.17) is 26.9 Å². The lowest BCUT2D eigenvalue weighted by atomic mass is 10.0. The lowest BCUT2D eigenvalue weighted by Crippen LogP contribution is -2.39. The molecule has 0 unspecified atom stereocenters. The summed E-state index contributed by atoms with van der Waals surface area (Å²) >= 11 is 5.41. The minimum Gasteiger partial charge on any atom is -0.383 e. The van der Waals surface area contributed by atoms with E-state index in [-0.39, 0.29) is 0 Å². The van der Waals surface area contributed by atoms with E-state index in [0.29, 0.717) is 36.2 Å². The van der Waals surface area contributed by atoms with Crippen molar-refractivity contribution in [1.29, 1.82) is 0 Å². The molecule has 2 fully saturated rings. The highest BCUT2D eigenvalue weighted by Gasteiger charge is 2.24. The van der Waals surface area contributed by atoms with Crippen LogP contribution in [0.4, 0.5) is 17.6 Å². The van der Waals surface area contributed by atoms with E-state index in [1.807, 2.05) is 0 Å². The van der Waals surface area contributed by atoms with Crippen LogP contribution in [0.1, 0.15) is 46.0 Å². The molecule has 3 rings (SSSR count). The largest absolute Gasteiger partial charge is 0.383 e. The molecule has 0 bridgehead atoms. The highest BCUT2D eigenvalue weighted by Crippen LogP contribution is 2.29. The Hall–Kier alpha value is -1.67. The van der Waals surface area contributed by atoms with Crippen molar-refractivity contribution in [2.45, 2.75) is 52.0 Å². The minimum atomic E-state index is 0.497. The van der Waals surface area contributed by atoms with Gasteiger partial charge < -0.3 is 25.2 Å². The Morgan fingerprint density at radius 1 is 1.18 bits per heavy atom. The van der Waals surface area contributed by atoms with Crippen LogP contribution in [0.2, 0.25) is 0 Å². The molecular formula is C20H34N6OS. The Labute approximate surface area is 174 Å². The maximum Gasteiger partial charge on any atom is 0.232 e. The van der Waals surface area contributed by atoms with E-state index in [0.717, 1.165) is 31.3 Å². The molecule has 0 spiro atoms. The molecule has 0 amide bonds. The first-order valence-corrected chi connectivity index (χ1v) is 10.9.